The summed E-state index contributed by atoms with van der Waals surface area (Å²) in [5, 5.41) is 0.536. The molecule has 0 bridgehead atoms. The van der Waals surface area contributed by atoms with Gasteiger partial charge in [0.1, 0.15) is 0 Å². The number of hydrogen-bond donors (Lipinski definition) is 0. The predicted octanol–water partition coefficient (Wildman–Crippen LogP) is 2.11. The highest BCUT2D eigenvalue weighted by Gasteiger charge is 2.27. The molecule has 1 saturated heterocycles. The largest absolute Gasteiger partial charge is 0.351 e. The van der Waals surface area contributed by atoms with Crippen LogP contribution in [0.4, 0.5) is 5.82 Å². The maximum absolute atomic E-state index is 5.98. The van der Waals surface area contributed by atoms with Crippen LogP contribution in [0.1, 0.15) is 20.8 Å². The third-order valence-electron chi connectivity index (χ3n) is 2.96. The number of aromatic nitrogens is 2. The molecule has 0 atom stereocenters. The molecule has 6 heteroatoms. The first-order valence-electron chi connectivity index (χ1n) is 5.46. The predicted molar refractivity (Wildman–Crippen MR) is 68.5 cm³/mol. The van der Waals surface area contributed by atoms with Crippen LogP contribution in [0, 0.1) is 0 Å². The standard InChI is InChI=1S/C10H17ClN4S/c1-10(2,3)15-6-4-14(5-7-15)9-8(11)12-16-13-9/h4-7H2,1-3H3. The smallest absolute Gasteiger partial charge is 0.187 e. The zero-order valence-electron chi connectivity index (χ0n) is 9.90. The van der Waals surface area contributed by atoms with Gasteiger partial charge in [-0.2, -0.15) is 8.75 Å². The van der Waals surface area contributed by atoms with Crippen LogP contribution >= 0.6 is 23.3 Å². The molecule has 0 N–H and O–H groups in total. The lowest BCUT2D eigenvalue weighted by atomic mass is 10.1. The Morgan fingerprint density at radius 2 is 1.75 bits per heavy atom. The normalized spacial score (nSPS) is 19.1. The van der Waals surface area contributed by atoms with Crippen LogP contribution in [0.2, 0.25) is 5.15 Å². The van der Waals surface area contributed by atoms with E-state index in [2.05, 4.69) is 39.3 Å². The van der Waals surface area contributed by atoms with E-state index >= 15 is 0 Å². The minimum Gasteiger partial charge on any atom is -0.351 e. The van der Waals surface area contributed by atoms with Gasteiger partial charge in [0.05, 0.1) is 11.7 Å². The van der Waals surface area contributed by atoms with Crippen molar-refractivity contribution in [2.24, 2.45) is 0 Å². The van der Waals surface area contributed by atoms with Crippen molar-refractivity contribution in [3.8, 4) is 0 Å². The summed E-state index contributed by atoms with van der Waals surface area (Å²) >= 11 is 7.16. The fourth-order valence-corrected chi connectivity index (χ4v) is 2.73. The summed E-state index contributed by atoms with van der Waals surface area (Å²) in [7, 11) is 0. The minimum atomic E-state index is 0.246. The highest BCUT2D eigenvalue weighted by Crippen LogP contribution is 2.25. The zero-order chi connectivity index (χ0) is 11.8. The summed E-state index contributed by atoms with van der Waals surface area (Å²) in [4.78, 5) is 4.70. The van der Waals surface area contributed by atoms with Crippen molar-refractivity contribution >= 4 is 29.1 Å². The van der Waals surface area contributed by atoms with Gasteiger partial charge >= 0.3 is 0 Å². The molecule has 1 aliphatic rings. The van der Waals surface area contributed by atoms with Crippen LogP contribution in [0.15, 0.2) is 0 Å². The Hall–Kier alpha value is -0.390. The van der Waals surface area contributed by atoms with Crippen LogP contribution in [0.25, 0.3) is 0 Å². The van der Waals surface area contributed by atoms with Gasteiger partial charge in [0.15, 0.2) is 11.0 Å². The second-order valence-electron chi connectivity index (χ2n) is 5.02. The summed E-state index contributed by atoms with van der Waals surface area (Å²) in [5.41, 5.74) is 0.246. The molecule has 0 spiro atoms. The van der Waals surface area contributed by atoms with E-state index in [0.717, 1.165) is 32.0 Å². The van der Waals surface area contributed by atoms with Gasteiger partial charge in [-0.3, -0.25) is 4.90 Å². The molecule has 0 unspecified atom stereocenters. The molecule has 1 aromatic heterocycles. The monoisotopic (exact) mass is 260 g/mol. The van der Waals surface area contributed by atoms with E-state index in [-0.39, 0.29) is 5.54 Å². The average molecular weight is 261 g/mol. The molecular weight excluding hydrogens is 244 g/mol. The van der Waals surface area contributed by atoms with Gasteiger partial charge in [-0.1, -0.05) is 11.6 Å². The fraction of sp³-hybridized carbons (Fsp3) is 0.800. The van der Waals surface area contributed by atoms with E-state index in [4.69, 9.17) is 11.6 Å². The Kier molecular flexibility index (Phi) is 3.37. The quantitative estimate of drug-likeness (QED) is 0.774. The third kappa shape index (κ3) is 2.47. The number of anilines is 1. The topological polar surface area (TPSA) is 32.3 Å². The number of nitrogens with zero attached hydrogens (tertiary/aromatic N) is 4. The Labute approximate surface area is 106 Å². The Bertz CT molecular complexity index is 352. The van der Waals surface area contributed by atoms with E-state index in [1.807, 2.05) is 0 Å². The molecule has 1 aromatic rings. The number of hydrogen-bond acceptors (Lipinski definition) is 5. The van der Waals surface area contributed by atoms with E-state index in [0.29, 0.717) is 5.15 Å². The molecule has 1 aliphatic heterocycles. The van der Waals surface area contributed by atoms with Crippen molar-refractivity contribution in [1.29, 1.82) is 0 Å². The van der Waals surface area contributed by atoms with Gasteiger partial charge in [0, 0.05) is 31.7 Å². The molecule has 90 valence electrons. The maximum Gasteiger partial charge on any atom is 0.187 e. The van der Waals surface area contributed by atoms with E-state index in [1.165, 1.54) is 11.7 Å². The highest BCUT2D eigenvalue weighted by molar-refractivity contribution is 6.99. The first-order chi connectivity index (χ1) is 7.48. The highest BCUT2D eigenvalue weighted by atomic mass is 35.5. The lowest BCUT2D eigenvalue weighted by Gasteiger charge is -2.42. The van der Waals surface area contributed by atoms with Gasteiger partial charge in [0.2, 0.25) is 0 Å². The van der Waals surface area contributed by atoms with Crippen molar-refractivity contribution < 1.29 is 0 Å². The molecule has 1 fully saturated rings. The van der Waals surface area contributed by atoms with Crippen molar-refractivity contribution in [2.45, 2.75) is 26.3 Å². The molecule has 0 aliphatic carbocycles. The molecule has 0 aromatic carbocycles. The van der Waals surface area contributed by atoms with E-state index in [9.17, 15) is 0 Å². The Morgan fingerprint density at radius 3 is 2.19 bits per heavy atom. The van der Waals surface area contributed by atoms with E-state index < -0.39 is 0 Å². The van der Waals surface area contributed by atoms with Crippen LogP contribution in [-0.2, 0) is 0 Å². The maximum atomic E-state index is 5.98. The number of piperazine rings is 1. The van der Waals surface area contributed by atoms with Gasteiger partial charge < -0.3 is 4.90 Å². The molecule has 2 heterocycles. The van der Waals surface area contributed by atoms with Crippen molar-refractivity contribution in [3.05, 3.63) is 5.15 Å². The van der Waals surface area contributed by atoms with Gasteiger partial charge in [-0.15, -0.1) is 0 Å². The van der Waals surface area contributed by atoms with Crippen LogP contribution in [-0.4, -0.2) is 45.4 Å². The first-order valence-corrected chi connectivity index (χ1v) is 6.57. The molecule has 0 radical (unpaired) electrons. The molecule has 16 heavy (non-hydrogen) atoms. The summed E-state index contributed by atoms with van der Waals surface area (Å²) in [5.74, 6) is 0.847. The number of halogens is 1. The summed E-state index contributed by atoms with van der Waals surface area (Å²) in [6, 6.07) is 0. The minimum absolute atomic E-state index is 0.246. The average Bonchev–Trinajstić information content (AvgIpc) is 2.63. The fourth-order valence-electron chi connectivity index (χ4n) is 1.95. The Morgan fingerprint density at radius 1 is 1.12 bits per heavy atom. The number of rotatable bonds is 1. The molecule has 4 nitrogen and oxygen atoms in total. The van der Waals surface area contributed by atoms with Crippen LogP contribution in [0.5, 0.6) is 0 Å². The molecular formula is C10H17ClN4S. The van der Waals surface area contributed by atoms with Crippen LogP contribution in [0.3, 0.4) is 0 Å². The molecule has 0 amide bonds. The van der Waals surface area contributed by atoms with Crippen LogP contribution < -0.4 is 4.90 Å². The lowest BCUT2D eigenvalue weighted by Crippen LogP contribution is -2.53. The summed E-state index contributed by atoms with van der Waals surface area (Å²) in [6.07, 6.45) is 0. The van der Waals surface area contributed by atoms with Crippen molar-refractivity contribution in [1.82, 2.24) is 13.6 Å². The van der Waals surface area contributed by atoms with Crippen molar-refractivity contribution in [2.75, 3.05) is 31.1 Å². The lowest BCUT2D eigenvalue weighted by molar-refractivity contribution is 0.128. The second kappa shape index (κ2) is 4.47. The molecule has 2 rings (SSSR count). The first kappa shape index (κ1) is 12.1. The van der Waals surface area contributed by atoms with E-state index in [1.54, 1.807) is 0 Å². The van der Waals surface area contributed by atoms with Crippen molar-refractivity contribution in [3.63, 3.8) is 0 Å². The third-order valence-corrected chi connectivity index (χ3v) is 3.83. The van der Waals surface area contributed by atoms with Gasteiger partial charge in [-0.25, -0.2) is 0 Å². The molecule has 0 saturated carbocycles. The zero-order valence-corrected chi connectivity index (χ0v) is 11.5. The summed E-state index contributed by atoms with van der Waals surface area (Å²) < 4.78 is 8.23. The second-order valence-corrected chi connectivity index (χ2v) is 5.91. The van der Waals surface area contributed by atoms with Gasteiger partial charge in [0.25, 0.3) is 0 Å². The van der Waals surface area contributed by atoms with Gasteiger partial charge in [-0.05, 0) is 20.8 Å². The Balaban J connectivity index is 1.98. The SMILES string of the molecule is CC(C)(C)N1CCN(c2nsnc2Cl)CC1. The summed E-state index contributed by atoms with van der Waals surface area (Å²) in [6.45, 7) is 10.8.